The van der Waals surface area contributed by atoms with E-state index in [1.165, 1.54) is 6.92 Å². The number of hydrogen-bond acceptors (Lipinski definition) is 1. The maximum atomic E-state index is 12.4. The van der Waals surface area contributed by atoms with Gasteiger partial charge in [-0.05, 0) is 26.7 Å². The summed E-state index contributed by atoms with van der Waals surface area (Å²) in [5.41, 5.74) is -1.58. The van der Waals surface area contributed by atoms with Crippen LogP contribution in [0.25, 0.3) is 0 Å². The second-order valence-corrected chi connectivity index (χ2v) is 4.92. The third kappa shape index (κ3) is 8.60. The molecule has 0 aliphatic heterocycles. The van der Waals surface area contributed by atoms with Gasteiger partial charge >= 0.3 is 12.4 Å². The van der Waals surface area contributed by atoms with Crippen molar-refractivity contribution in [2.24, 2.45) is 0 Å². The lowest BCUT2D eigenvalue weighted by Crippen LogP contribution is -2.50. The van der Waals surface area contributed by atoms with Crippen molar-refractivity contribution in [3.05, 3.63) is 0 Å². The third-order valence-electron chi connectivity index (χ3n) is 2.76. The number of nitrogens with one attached hydrogen (secondary N) is 1. The maximum absolute atomic E-state index is 12.4. The molecule has 0 aromatic rings. The van der Waals surface area contributed by atoms with Gasteiger partial charge in [-0.15, -0.1) is 0 Å². The molecule has 110 valence electrons. The van der Waals surface area contributed by atoms with Crippen molar-refractivity contribution in [3.63, 3.8) is 0 Å². The number of alkyl halides is 6. The van der Waals surface area contributed by atoms with Gasteiger partial charge in [-0.2, -0.15) is 26.3 Å². The van der Waals surface area contributed by atoms with E-state index in [1.807, 2.05) is 0 Å². The van der Waals surface area contributed by atoms with E-state index >= 15 is 0 Å². The molecular weight excluding hydrogens is 260 g/mol. The average molecular weight is 279 g/mol. The fourth-order valence-corrected chi connectivity index (χ4v) is 1.77. The minimum atomic E-state index is -4.49. The molecule has 18 heavy (non-hydrogen) atoms. The predicted molar refractivity (Wildman–Crippen MR) is 57.3 cm³/mol. The minimum Gasteiger partial charge on any atom is -0.309 e. The molecule has 2 atom stereocenters. The first kappa shape index (κ1) is 17.5. The monoisotopic (exact) mass is 279 g/mol. The summed E-state index contributed by atoms with van der Waals surface area (Å²) in [7, 11) is 0. The molecule has 0 fully saturated rings. The van der Waals surface area contributed by atoms with E-state index < -0.39 is 37.2 Å². The first-order chi connectivity index (χ1) is 7.87. The standard InChI is InChI=1S/C11H19F6N/c1-4-8(2)18-9(3,7-11(15,16)17)5-6-10(12,13)14/h8,18H,4-7H2,1-3H3. The Balaban J connectivity index is 4.69. The van der Waals surface area contributed by atoms with Gasteiger partial charge in [0, 0.05) is 18.0 Å². The molecule has 0 heterocycles. The van der Waals surface area contributed by atoms with Gasteiger partial charge < -0.3 is 5.32 Å². The Labute approximate surface area is 103 Å². The smallest absolute Gasteiger partial charge is 0.309 e. The number of halogens is 6. The van der Waals surface area contributed by atoms with Gasteiger partial charge in [0.15, 0.2) is 0 Å². The largest absolute Gasteiger partial charge is 0.390 e. The normalized spacial score (nSPS) is 18.5. The Morgan fingerprint density at radius 3 is 1.78 bits per heavy atom. The lowest BCUT2D eigenvalue weighted by atomic mass is 9.90. The topological polar surface area (TPSA) is 12.0 Å². The molecule has 0 aromatic carbocycles. The van der Waals surface area contributed by atoms with Gasteiger partial charge in [0.05, 0.1) is 6.42 Å². The molecule has 0 aliphatic rings. The maximum Gasteiger partial charge on any atom is 0.390 e. The highest BCUT2D eigenvalue weighted by molar-refractivity contribution is 4.88. The average Bonchev–Trinajstić information content (AvgIpc) is 2.10. The molecule has 0 spiro atoms. The van der Waals surface area contributed by atoms with Crippen LogP contribution in [0.3, 0.4) is 0 Å². The summed E-state index contributed by atoms with van der Waals surface area (Å²) in [5.74, 6) is 0. The lowest BCUT2D eigenvalue weighted by molar-refractivity contribution is -0.162. The summed E-state index contributed by atoms with van der Waals surface area (Å²) in [6.45, 7) is 4.61. The van der Waals surface area contributed by atoms with Crippen LogP contribution in [0, 0.1) is 0 Å². The quantitative estimate of drug-likeness (QED) is 0.709. The van der Waals surface area contributed by atoms with Crippen LogP contribution in [0.15, 0.2) is 0 Å². The third-order valence-corrected chi connectivity index (χ3v) is 2.76. The van der Waals surface area contributed by atoms with Crippen LogP contribution in [-0.4, -0.2) is 23.9 Å². The second-order valence-electron chi connectivity index (χ2n) is 4.92. The van der Waals surface area contributed by atoms with Crippen molar-refractivity contribution in [2.75, 3.05) is 0 Å². The molecule has 0 aromatic heterocycles. The highest BCUT2D eigenvalue weighted by Crippen LogP contribution is 2.34. The first-order valence-corrected chi connectivity index (χ1v) is 5.78. The van der Waals surface area contributed by atoms with Crippen LogP contribution in [0.4, 0.5) is 26.3 Å². The number of hydrogen-bond donors (Lipinski definition) is 1. The predicted octanol–water partition coefficient (Wildman–Crippen LogP) is 4.43. The van der Waals surface area contributed by atoms with Crippen LogP contribution < -0.4 is 5.32 Å². The Morgan fingerprint density at radius 2 is 1.44 bits per heavy atom. The van der Waals surface area contributed by atoms with E-state index in [9.17, 15) is 26.3 Å². The second kappa shape index (κ2) is 6.12. The summed E-state index contributed by atoms with van der Waals surface area (Å²) < 4.78 is 73.6. The Bertz CT molecular complexity index is 247. The van der Waals surface area contributed by atoms with Gasteiger partial charge in [-0.3, -0.25) is 0 Å². The van der Waals surface area contributed by atoms with E-state index in [0.717, 1.165) is 0 Å². The highest BCUT2D eigenvalue weighted by Gasteiger charge is 2.42. The van der Waals surface area contributed by atoms with E-state index in [4.69, 9.17) is 0 Å². The van der Waals surface area contributed by atoms with Crippen LogP contribution in [-0.2, 0) is 0 Å². The van der Waals surface area contributed by atoms with Crippen molar-refractivity contribution in [1.82, 2.24) is 5.32 Å². The molecule has 0 radical (unpaired) electrons. The van der Waals surface area contributed by atoms with Crippen molar-refractivity contribution >= 4 is 0 Å². The Hall–Kier alpha value is -0.460. The van der Waals surface area contributed by atoms with Crippen LogP contribution >= 0.6 is 0 Å². The summed E-state index contributed by atoms with van der Waals surface area (Å²) in [6.07, 6.45) is -11.4. The van der Waals surface area contributed by atoms with Gasteiger partial charge in [-0.25, -0.2) is 0 Å². The molecule has 1 nitrogen and oxygen atoms in total. The molecule has 2 unspecified atom stereocenters. The zero-order valence-corrected chi connectivity index (χ0v) is 10.7. The lowest BCUT2D eigenvalue weighted by Gasteiger charge is -2.35. The van der Waals surface area contributed by atoms with Gasteiger partial charge in [-0.1, -0.05) is 6.92 Å². The minimum absolute atomic E-state index is 0.259. The Morgan fingerprint density at radius 1 is 0.944 bits per heavy atom. The molecular formula is C11H19F6N. The molecule has 1 N–H and O–H groups in total. The zero-order valence-electron chi connectivity index (χ0n) is 10.7. The molecule has 0 aliphatic carbocycles. The molecule has 7 heteroatoms. The van der Waals surface area contributed by atoms with Gasteiger partial charge in [0.2, 0.25) is 0 Å². The van der Waals surface area contributed by atoms with Gasteiger partial charge in [0.1, 0.15) is 0 Å². The molecule has 0 amide bonds. The van der Waals surface area contributed by atoms with Crippen molar-refractivity contribution in [3.8, 4) is 0 Å². The Kier molecular flexibility index (Phi) is 5.97. The van der Waals surface area contributed by atoms with Crippen molar-refractivity contribution in [2.45, 2.75) is 70.4 Å². The van der Waals surface area contributed by atoms with E-state index in [1.54, 1.807) is 13.8 Å². The van der Waals surface area contributed by atoms with Crippen molar-refractivity contribution in [1.29, 1.82) is 0 Å². The molecule has 0 rings (SSSR count). The summed E-state index contributed by atoms with van der Waals surface area (Å²) in [4.78, 5) is 0. The number of rotatable bonds is 6. The SMILES string of the molecule is CCC(C)NC(C)(CCC(F)(F)F)CC(F)(F)F. The van der Waals surface area contributed by atoms with Crippen LogP contribution in [0.1, 0.15) is 46.5 Å². The summed E-state index contributed by atoms with van der Waals surface area (Å²) in [5, 5.41) is 2.65. The summed E-state index contributed by atoms with van der Waals surface area (Å²) >= 11 is 0. The molecule has 0 saturated carbocycles. The first-order valence-electron chi connectivity index (χ1n) is 5.78. The zero-order chi connectivity index (χ0) is 14.6. The summed E-state index contributed by atoms with van der Waals surface area (Å²) in [6, 6.07) is -0.259. The van der Waals surface area contributed by atoms with Gasteiger partial charge in [0.25, 0.3) is 0 Å². The van der Waals surface area contributed by atoms with Crippen molar-refractivity contribution < 1.29 is 26.3 Å². The van der Waals surface area contributed by atoms with E-state index in [2.05, 4.69) is 5.32 Å². The fourth-order valence-electron chi connectivity index (χ4n) is 1.77. The molecule has 0 saturated heterocycles. The van der Waals surface area contributed by atoms with Crippen LogP contribution in [0.2, 0.25) is 0 Å². The highest BCUT2D eigenvalue weighted by atomic mass is 19.4. The van der Waals surface area contributed by atoms with E-state index in [-0.39, 0.29) is 6.04 Å². The van der Waals surface area contributed by atoms with Crippen LogP contribution in [0.5, 0.6) is 0 Å². The fraction of sp³-hybridized carbons (Fsp3) is 1.00. The van der Waals surface area contributed by atoms with E-state index in [0.29, 0.717) is 6.42 Å². The molecule has 0 bridgehead atoms.